The van der Waals surface area contributed by atoms with Crippen molar-refractivity contribution in [3.05, 3.63) is 35.4 Å². The summed E-state index contributed by atoms with van der Waals surface area (Å²) in [6, 6.07) is 3.58. The van der Waals surface area contributed by atoms with Crippen LogP contribution < -0.4 is 5.32 Å². The smallest absolute Gasteiger partial charge is 0.126 e. The van der Waals surface area contributed by atoms with E-state index in [4.69, 9.17) is 0 Å². The van der Waals surface area contributed by atoms with E-state index >= 15 is 0 Å². The zero-order chi connectivity index (χ0) is 11.4. The van der Waals surface area contributed by atoms with Crippen molar-refractivity contribution in [2.75, 3.05) is 6.54 Å². The Balaban J connectivity index is 2.68. The summed E-state index contributed by atoms with van der Waals surface area (Å²) in [7, 11) is 0. The maximum Gasteiger partial charge on any atom is 0.126 e. The van der Waals surface area contributed by atoms with E-state index in [2.05, 4.69) is 19.2 Å². The van der Waals surface area contributed by atoms with Crippen molar-refractivity contribution in [2.24, 2.45) is 5.92 Å². The fourth-order valence-corrected chi connectivity index (χ4v) is 1.36. The maximum absolute atomic E-state index is 12.9. The largest absolute Gasteiger partial charge is 0.310 e. The first-order valence-electron chi connectivity index (χ1n) is 5.18. The van der Waals surface area contributed by atoms with E-state index in [1.165, 1.54) is 12.1 Å². The number of nitrogens with one attached hydrogen (secondary N) is 1. The van der Waals surface area contributed by atoms with Gasteiger partial charge in [0.1, 0.15) is 11.6 Å². The van der Waals surface area contributed by atoms with Crippen molar-refractivity contribution < 1.29 is 8.78 Å². The van der Waals surface area contributed by atoms with Crippen molar-refractivity contribution >= 4 is 0 Å². The minimum Gasteiger partial charge on any atom is -0.310 e. The first kappa shape index (κ1) is 12.1. The summed E-state index contributed by atoms with van der Waals surface area (Å²) >= 11 is 0. The lowest BCUT2D eigenvalue weighted by atomic mass is 10.1. The number of hydrogen-bond acceptors (Lipinski definition) is 1. The Morgan fingerprint density at radius 2 is 1.60 bits per heavy atom. The van der Waals surface area contributed by atoms with E-state index in [-0.39, 0.29) is 6.04 Å². The van der Waals surface area contributed by atoms with Crippen molar-refractivity contribution in [2.45, 2.75) is 26.8 Å². The Labute approximate surface area is 89.5 Å². The van der Waals surface area contributed by atoms with E-state index < -0.39 is 11.6 Å². The van der Waals surface area contributed by atoms with E-state index in [1.807, 2.05) is 6.92 Å². The van der Waals surface area contributed by atoms with Crippen molar-refractivity contribution in [1.29, 1.82) is 0 Å². The van der Waals surface area contributed by atoms with Crippen LogP contribution in [0, 0.1) is 17.6 Å². The third-order valence-electron chi connectivity index (χ3n) is 2.22. The van der Waals surface area contributed by atoms with Crippen LogP contribution in [0.3, 0.4) is 0 Å². The van der Waals surface area contributed by atoms with Crippen LogP contribution in [0.1, 0.15) is 32.4 Å². The molecule has 0 aromatic heterocycles. The van der Waals surface area contributed by atoms with Crippen LogP contribution in [0.15, 0.2) is 18.2 Å². The highest BCUT2D eigenvalue weighted by Crippen LogP contribution is 2.15. The molecule has 0 aliphatic carbocycles. The lowest BCUT2D eigenvalue weighted by Gasteiger charge is -2.16. The van der Waals surface area contributed by atoms with Gasteiger partial charge in [0.2, 0.25) is 0 Å². The Hall–Kier alpha value is -0.960. The number of halogens is 2. The van der Waals surface area contributed by atoms with Gasteiger partial charge >= 0.3 is 0 Å². The molecule has 3 heteroatoms. The second-order valence-electron chi connectivity index (χ2n) is 4.23. The molecule has 84 valence electrons. The molecule has 0 amide bonds. The predicted molar refractivity (Wildman–Crippen MR) is 57.6 cm³/mol. The van der Waals surface area contributed by atoms with Crippen molar-refractivity contribution in [1.82, 2.24) is 5.32 Å². The van der Waals surface area contributed by atoms with E-state index in [9.17, 15) is 8.78 Å². The quantitative estimate of drug-likeness (QED) is 0.809. The molecular weight excluding hydrogens is 196 g/mol. The summed E-state index contributed by atoms with van der Waals surface area (Å²) in [5, 5.41) is 3.22. The second kappa shape index (κ2) is 5.21. The van der Waals surface area contributed by atoms with E-state index in [0.29, 0.717) is 11.5 Å². The standard InChI is InChI=1S/C12H17F2N/c1-8(2)7-15-9(3)10-4-11(13)6-12(14)5-10/h4-6,8-9,15H,7H2,1-3H3. The molecule has 0 fully saturated rings. The molecule has 1 unspecified atom stereocenters. The molecule has 0 aliphatic rings. The van der Waals surface area contributed by atoms with Gasteiger partial charge in [-0.25, -0.2) is 8.78 Å². The summed E-state index contributed by atoms with van der Waals surface area (Å²) in [5.41, 5.74) is 0.646. The van der Waals surface area contributed by atoms with Crippen LogP contribution in [-0.4, -0.2) is 6.54 Å². The van der Waals surface area contributed by atoms with Crippen LogP contribution in [0.2, 0.25) is 0 Å². The molecular formula is C12H17F2N. The van der Waals surface area contributed by atoms with Crippen molar-refractivity contribution in [3.8, 4) is 0 Å². The normalized spacial score (nSPS) is 13.2. The van der Waals surface area contributed by atoms with Gasteiger partial charge in [0.15, 0.2) is 0 Å². The average Bonchev–Trinajstić information content (AvgIpc) is 2.12. The van der Waals surface area contributed by atoms with Crippen molar-refractivity contribution in [3.63, 3.8) is 0 Å². The molecule has 0 radical (unpaired) electrons. The highest BCUT2D eigenvalue weighted by Gasteiger charge is 2.08. The lowest BCUT2D eigenvalue weighted by molar-refractivity contribution is 0.490. The van der Waals surface area contributed by atoms with Crippen LogP contribution in [0.4, 0.5) is 8.78 Å². The third kappa shape index (κ3) is 3.96. The number of hydrogen-bond donors (Lipinski definition) is 1. The Morgan fingerprint density at radius 3 is 2.07 bits per heavy atom. The van der Waals surface area contributed by atoms with Crippen LogP contribution in [0.5, 0.6) is 0 Å². The summed E-state index contributed by atoms with van der Waals surface area (Å²) in [4.78, 5) is 0. The first-order chi connectivity index (χ1) is 6.99. The Morgan fingerprint density at radius 1 is 1.07 bits per heavy atom. The topological polar surface area (TPSA) is 12.0 Å². The zero-order valence-corrected chi connectivity index (χ0v) is 9.35. The summed E-state index contributed by atoms with van der Waals surface area (Å²) in [6.45, 7) is 6.91. The first-order valence-corrected chi connectivity index (χ1v) is 5.18. The van der Waals surface area contributed by atoms with E-state index in [1.54, 1.807) is 0 Å². The van der Waals surface area contributed by atoms with Gasteiger partial charge < -0.3 is 5.32 Å². The molecule has 1 aromatic carbocycles. The fraction of sp³-hybridized carbons (Fsp3) is 0.500. The molecule has 1 nitrogen and oxygen atoms in total. The number of rotatable bonds is 4. The van der Waals surface area contributed by atoms with Gasteiger partial charge in [0, 0.05) is 12.1 Å². The van der Waals surface area contributed by atoms with Gasteiger partial charge in [0.05, 0.1) is 0 Å². The summed E-state index contributed by atoms with van der Waals surface area (Å²) < 4.78 is 25.8. The molecule has 1 N–H and O–H groups in total. The molecule has 0 aliphatic heterocycles. The molecule has 0 saturated heterocycles. The highest BCUT2D eigenvalue weighted by molar-refractivity contribution is 5.20. The molecule has 0 spiro atoms. The predicted octanol–water partition coefficient (Wildman–Crippen LogP) is 3.27. The van der Waals surface area contributed by atoms with Gasteiger partial charge in [-0.05, 0) is 37.1 Å². The summed E-state index contributed by atoms with van der Waals surface area (Å²) in [6.07, 6.45) is 0. The molecule has 0 heterocycles. The SMILES string of the molecule is CC(C)CNC(C)c1cc(F)cc(F)c1. The van der Waals surface area contributed by atoms with E-state index in [0.717, 1.165) is 12.6 Å². The molecule has 1 atom stereocenters. The maximum atomic E-state index is 12.9. The summed E-state index contributed by atoms with van der Waals surface area (Å²) in [5.74, 6) is -0.530. The molecule has 1 aromatic rings. The molecule has 0 saturated carbocycles. The lowest BCUT2D eigenvalue weighted by Crippen LogP contribution is -2.23. The molecule has 0 bridgehead atoms. The van der Waals surface area contributed by atoms with Gasteiger partial charge in [0.25, 0.3) is 0 Å². The van der Waals surface area contributed by atoms with Crippen LogP contribution in [-0.2, 0) is 0 Å². The number of benzene rings is 1. The minimum atomic E-state index is -0.525. The zero-order valence-electron chi connectivity index (χ0n) is 9.35. The van der Waals surface area contributed by atoms with Gasteiger partial charge in [-0.2, -0.15) is 0 Å². The van der Waals surface area contributed by atoms with Crippen LogP contribution >= 0.6 is 0 Å². The molecule has 15 heavy (non-hydrogen) atoms. The third-order valence-corrected chi connectivity index (χ3v) is 2.22. The fourth-order valence-electron chi connectivity index (χ4n) is 1.36. The average molecular weight is 213 g/mol. The van der Waals surface area contributed by atoms with Gasteiger partial charge in [-0.15, -0.1) is 0 Å². The molecule has 1 rings (SSSR count). The van der Waals surface area contributed by atoms with Crippen LogP contribution in [0.25, 0.3) is 0 Å². The monoisotopic (exact) mass is 213 g/mol. The highest BCUT2D eigenvalue weighted by atomic mass is 19.1. The Kier molecular flexibility index (Phi) is 4.21. The Bertz CT molecular complexity index is 303. The minimum absolute atomic E-state index is 0.0300. The van der Waals surface area contributed by atoms with Gasteiger partial charge in [-0.3, -0.25) is 0 Å². The van der Waals surface area contributed by atoms with Gasteiger partial charge in [-0.1, -0.05) is 13.8 Å². The second-order valence-corrected chi connectivity index (χ2v) is 4.23.